The number of thioether (sulfide) groups is 1. The summed E-state index contributed by atoms with van der Waals surface area (Å²) < 4.78 is 0. The van der Waals surface area contributed by atoms with E-state index in [1.807, 2.05) is 18.0 Å². The Bertz CT molecular complexity index is 551. The predicted octanol–water partition coefficient (Wildman–Crippen LogP) is 2.86. The average molecular weight is 257 g/mol. The first kappa shape index (κ1) is 11.7. The molecule has 0 amide bonds. The van der Waals surface area contributed by atoms with Crippen molar-refractivity contribution in [1.82, 2.24) is 15.3 Å². The first-order chi connectivity index (χ1) is 8.86. The molecule has 0 aliphatic carbocycles. The third-order valence-electron chi connectivity index (χ3n) is 2.99. The van der Waals surface area contributed by atoms with Gasteiger partial charge in [0.1, 0.15) is 0 Å². The molecule has 0 bridgehead atoms. The summed E-state index contributed by atoms with van der Waals surface area (Å²) in [5.41, 5.74) is 3.44. The van der Waals surface area contributed by atoms with E-state index in [-0.39, 0.29) is 0 Å². The number of benzene rings is 1. The predicted molar refractivity (Wildman–Crippen MR) is 74.4 cm³/mol. The monoisotopic (exact) mass is 257 g/mol. The SMILES string of the molecule is CCSc1ccc(-c2ncc3c(n2)CNC3)cc1. The van der Waals surface area contributed by atoms with Crippen molar-refractivity contribution in [1.29, 1.82) is 0 Å². The van der Waals surface area contributed by atoms with Gasteiger partial charge in [-0.2, -0.15) is 0 Å². The van der Waals surface area contributed by atoms with Gasteiger partial charge in [0.15, 0.2) is 5.82 Å². The van der Waals surface area contributed by atoms with Crippen LogP contribution in [0, 0.1) is 0 Å². The summed E-state index contributed by atoms with van der Waals surface area (Å²) in [7, 11) is 0. The van der Waals surface area contributed by atoms with Crippen LogP contribution in [0.1, 0.15) is 18.2 Å². The molecule has 0 saturated carbocycles. The molecule has 0 saturated heterocycles. The van der Waals surface area contributed by atoms with Gasteiger partial charge >= 0.3 is 0 Å². The standard InChI is InChI=1S/C14H15N3S/c1-2-18-12-5-3-10(4-6-12)14-16-8-11-7-15-9-13(11)17-14/h3-6,8,15H,2,7,9H2,1H3. The van der Waals surface area contributed by atoms with Gasteiger partial charge in [0, 0.05) is 35.3 Å². The fraction of sp³-hybridized carbons (Fsp3) is 0.286. The minimum atomic E-state index is 0.825. The van der Waals surface area contributed by atoms with E-state index in [9.17, 15) is 0 Å². The second-order valence-corrected chi connectivity index (χ2v) is 5.56. The molecular formula is C14H15N3S. The topological polar surface area (TPSA) is 37.8 Å². The highest BCUT2D eigenvalue weighted by Gasteiger charge is 2.13. The molecule has 4 heteroatoms. The van der Waals surface area contributed by atoms with Gasteiger partial charge in [-0.3, -0.25) is 0 Å². The highest BCUT2D eigenvalue weighted by Crippen LogP contribution is 2.23. The van der Waals surface area contributed by atoms with E-state index in [0.717, 1.165) is 35.9 Å². The van der Waals surface area contributed by atoms with Crippen LogP contribution in [-0.2, 0) is 13.1 Å². The van der Waals surface area contributed by atoms with E-state index in [4.69, 9.17) is 0 Å². The lowest BCUT2D eigenvalue weighted by atomic mass is 10.2. The van der Waals surface area contributed by atoms with E-state index < -0.39 is 0 Å². The maximum atomic E-state index is 4.62. The van der Waals surface area contributed by atoms with Crippen LogP contribution >= 0.6 is 11.8 Å². The maximum absolute atomic E-state index is 4.62. The molecule has 3 rings (SSSR count). The number of hydrogen-bond donors (Lipinski definition) is 1. The van der Waals surface area contributed by atoms with Crippen molar-refractivity contribution in [3.8, 4) is 11.4 Å². The molecule has 2 heterocycles. The molecule has 92 valence electrons. The van der Waals surface area contributed by atoms with Crippen LogP contribution in [0.15, 0.2) is 35.4 Å². The van der Waals surface area contributed by atoms with Crippen LogP contribution in [0.4, 0.5) is 0 Å². The van der Waals surface area contributed by atoms with Crippen LogP contribution < -0.4 is 5.32 Å². The van der Waals surface area contributed by atoms with Crippen molar-refractivity contribution < 1.29 is 0 Å². The maximum Gasteiger partial charge on any atom is 0.159 e. The molecular weight excluding hydrogens is 242 g/mol. The molecule has 1 N–H and O–H groups in total. The molecule has 18 heavy (non-hydrogen) atoms. The Morgan fingerprint density at radius 1 is 1.22 bits per heavy atom. The number of fused-ring (bicyclic) bond motifs is 1. The Kier molecular flexibility index (Phi) is 3.30. The highest BCUT2D eigenvalue weighted by molar-refractivity contribution is 7.99. The van der Waals surface area contributed by atoms with Crippen LogP contribution in [0.2, 0.25) is 0 Å². The zero-order valence-electron chi connectivity index (χ0n) is 10.3. The largest absolute Gasteiger partial charge is 0.307 e. The smallest absolute Gasteiger partial charge is 0.159 e. The lowest BCUT2D eigenvalue weighted by molar-refractivity contribution is 0.758. The number of nitrogens with zero attached hydrogens (tertiary/aromatic N) is 2. The highest BCUT2D eigenvalue weighted by atomic mass is 32.2. The third-order valence-corrected chi connectivity index (χ3v) is 3.88. The van der Waals surface area contributed by atoms with Crippen molar-refractivity contribution in [2.45, 2.75) is 24.9 Å². The summed E-state index contributed by atoms with van der Waals surface area (Å²) in [6.07, 6.45) is 1.94. The molecule has 1 aliphatic heterocycles. The van der Waals surface area contributed by atoms with Crippen LogP contribution in [0.25, 0.3) is 11.4 Å². The zero-order valence-corrected chi connectivity index (χ0v) is 11.1. The van der Waals surface area contributed by atoms with Gasteiger partial charge in [-0.1, -0.05) is 19.1 Å². The number of rotatable bonds is 3. The van der Waals surface area contributed by atoms with Crippen LogP contribution in [-0.4, -0.2) is 15.7 Å². The molecule has 1 aromatic carbocycles. The summed E-state index contributed by atoms with van der Waals surface area (Å²) in [6.45, 7) is 3.91. The van der Waals surface area contributed by atoms with Gasteiger partial charge in [0.05, 0.1) is 5.69 Å². The lowest BCUT2D eigenvalue weighted by Crippen LogP contribution is -2.00. The molecule has 3 nitrogen and oxygen atoms in total. The summed E-state index contributed by atoms with van der Waals surface area (Å²) in [5, 5.41) is 3.29. The van der Waals surface area contributed by atoms with E-state index in [1.54, 1.807) is 0 Å². The second kappa shape index (κ2) is 5.08. The van der Waals surface area contributed by atoms with Crippen molar-refractivity contribution in [2.75, 3.05) is 5.75 Å². The van der Waals surface area contributed by atoms with Crippen molar-refractivity contribution in [3.63, 3.8) is 0 Å². The van der Waals surface area contributed by atoms with Crippen molar-refractivity contribution in [3.05, 3.63) is 41.7 Å². The van der Waals surface area contributed by atoms with E-state index >= 15 is 0 Å². The first-order valence-corrected chi connectivity index (χ1v) is 7.14. The van der Waals surface area contributed by atoms with Gasteiger partial charge in [0.25, 0.3) is 0 Å². The Hall–Kier alpha value is -1.39. The summed E-state index contributed by atoms with van der Waals surface area (Å²) in [6, 6.07) is 8.47. The fourth-order valence-electron chi connectivity index (χ4n) is 2.06. The Morgan fingerprint density at radius 2 is 2.06 bits per heavy atom. The molecule has 0 spiro atoms. The van der Waals surface area contributed by atoms with Crippen molar-refractivity contribution in [2.24, 2.45) is 0 Å². The molecule has 0 fully saturated rings. The third kappa shape index (κ3) is 2.26. The summed E-state index contributed by atoms with van der Waals surface area (Å²) >= 11 is 1.85. The van der Waals surface area contributed by atoms with Gasteiger partial charge in [-0.05, 0) is 17.9 Å². The minimum absolute atomic E-state index is 0.825. The average Bonchev–Trinajstić information content (AvgIpc) is 2.87. The molecule has 0 radical (unpaired) electrons. The normalized spacial score (nSPS) is 13.6. The Labute approximate surface area is 111 Å². The van der Waals surface area contributed by atoms with Crippen LogP contribution in [0.5, 0.6) is 0 Å². The fourth-order valence-corrected chi connectivity index (χ4v) is 2.73. The van der Waals surface area contributed by atoms with Crippen LogP contribution in [0.3, 0.4) is 0 Å². The Balaban J connectivity index is 1.90. The number of aromatic nitrogens is 2. The number of hydrogen-bond acceptors (Lipinski definition) is 4. The minimum Gasteiger partial charge on any atom is -0.307 e. The van der Waals surface area contributed by atoms with Gasteiger partial charge in [-0.15, -0.1) is 11.8 Å². The van der Waals surface area contributed by atoms with Crippen molar-refractivity contribution >= 4 is 11.8 Å². The van der Waals surface area contributed by atoms with Gasteiger partial charge < -0.3 is 5.32 Å². The summed E-state index contributed by atoms with van der Waals surface area (Å²) in [4.78, 5) is 10.4. The second-order valence-electron chi connectivity index (χ2n) is 4.23. The molecule has 0 unspecified atom stereocenters. The van der Waals surface area contributed by atoms with Gasteiger partial charge in [0.2, 0.25) is 0 Å². The molecule has 1 aliphatic rings. The number of nitrogens with one attached hydrogen (secondary N) is 1. The summed E-state index contributed by atoms with van der Waals surface area (Å²) in [5.74, 6) is 1.92. The van der Waals surface area contributed by atoms with E-state index in [1.165, 1.54) is 10.5 Å². The zero-order chi connectivity index (χ0) is 12.4. The molecule has 0 atom stereocenters. The Morgan fingerprint density at radius 3 is 2.83 bits per heavy atom. The first-order valence-electron chi connectivity index (χ1n) is 6.15. The van der Waals surface area contributed by atoms with E-state index in [0.29, 0.717) is 0 Å². The lowest BCUT2D eigenvalue weighted by Gasteiger charge is -2.04. The molecule has 1 aromatic heterocycles. The quantitative estimate of drug-likeness (QED) is 0.858. The van der Waals surface area contributed by atoms with E-state index in [2.05, 4.69) is 46.5 Å². The van der Waals surface area contributed by atoms with Gasteiger partial charge in [-0.25, -0.2) is 9.97 Å². The molecule has 2 aromatic rings.